The summed E-state index contributed by atoms with van der Waals surface area (Å²) in [6.07, 6.45) is 8.37. The Morgan fingerprint density at radius 2 is 1.55 bits per heavy atom. The van der Waals surface area contributed by atoms with E-state index in [2.05, 4.69) is 9.62 Å². The molecule has 2 aliphatic heterocycles. The maximum absolute atomic E-state index is 12.8. The molecule has 3 fully saturated rings. The molecular weight excluding hydrogens is 408 g/mol. The number of piperidine rings is 1. The van der Waals surface area contributed by atoms with Crippen molar-refractivity contribution in [1.82, 2.24) is 9.62 Å². The van der Waals surface area contributed by atoms with Crippen LogP contribution in [0.5, 0.6) is 0 Å². The highest BCUT2D eigenvalue weighted by atomic mass is 32.2. The third-order valence-corrected chi connectivity index (χ3v) is 10.1. The van der Waals surface area contributed by atoms with Gasteiger partial charge in [0.2, 0.25) is 10.0 Å². The summed E-state index contributed by atoms with van der Waals surface area (Å²) in [6.45, 7) is 1.49. The molecule has 1 saturated carbocycles. The lowest BCUT2D eigenvalue weighted by Crippen LogP contribution is -2.48. The van der Waals surface area contributed by atoms with Crippen LogP contribution in [0.15, 0.2) is 29.2 Å². The average Bonchev–Trinajstić information content (AvgIpc) is 3.09. The van der Waals surface area contributed by atoms with Gasteiger partial charge in [0, 0.05) is 12.1 Å². The van der Waals surface area contributed by atoms with Crippen LogP contribution in [-0.2, 0) is 19.9 Å². The number of likely N-dealkylation sites (tertiary alicyclic amines) is 1. The van der Waals surface area contributed by atoms with Crippen molar-refractivity contribution < 1.29 is 16.8 Å². The number of hydrogen-bond acceptors (Lipinski definition) is 5. The van der Waals surface area contributed by atoms with Crippen LogP contribution in [0.4, 0.5) is 0 Å². The van der Waals surface area contributed by atoms with Gasteiger partial charge in [-0.25, -0.2) is 21.6 Å². The molecule has 0 bridgehead atoms. The Labute approximate surface area is 175 Å². The Bertz CT molecular complexity index is 899. The zero-order valence-corrected chi connectivity index (χ0v) is 18.6. The lowest BCUT2D eigenvalue weighted by Gasteiger charge is -2.35. The zero-order valence-electron chi connectivity index (χ0n) is 16.9. The lowest BCUT2D eigenvalue weighted by molar-refractivity contribution is 0.161. The van der Waals surface area contributed by atoms with E-state index in [1.54, 1.807) is 12.1 Å². The Morgan fingerprint density at radius 3 is 2.14 bits per heavy atom. The molecule has 4 rings (SSSR count). The number of benzene rings is 1. The van der Waals surface area contributed by atoms with Crippen molar-refractivity contribution in [3.05, 3.63) is 29.8 Å². The molecule has 0 spiro atoms. The zero-order chi connectivity index (χ0) is 20.5. The fourth-order valence-corrected chi connectivity index (χ4v) is 8.15. The first kappa shape index (κ1) is 21.3. The van der Waals surface area contributed by atoms with Gasteiger partial charge in [-0.3, -0.25) is 4.90 Å². The summed E-state index contributed by atoms with van der Waals surface area (Å²) in [5, 5.41) is 0. The van der Waals surface area contributed by atoms with Crippen LogP contribution in [0.2, 0.25) is 0 Å². The monoisotopic (exact) mass is 440 g/mol. The molecule has 29 heavy (non-hydrogen) atoms. The molecule has 0 aromatic heterocycles. The number of rotatable bonds is 5. The van der Waals surface area contributed by atoms with E-state index >= 15 is 0 Å². The molecule has 2 heterocycles. The largest absolute Gasteiger partial charge is 0.299 e. The smallest absolute Gasteiger partial charge is 0.240 e. The molecule has 2 saturated heterocycles. The summed E-state index contributed by atoms with van der Waals surface area (Å²) in [5.41, 5.74) is 1.25. The number of sulfone groups is 1. The highest BCUT2D eigenvalue weighted by molar-refractivity contribution is 7.91. The van der Waals surface area contributed by atoms with Crippen molar-refractivity contribution in [2.75, 3.05) is 24.6 Å². The maximum Gasteiger partial charge on any atom is 0.240 e. The molecule has 1 aromatic rings. The van der Waals surface area contributed by atoms with Crippen molar-refractivity contribution in [2.45, 2.75) is 74.3 Å². The minimum atomic E-state index is -3.53. The van der Waals surface area contributed by atoms with E-state index in [1.807, 2.05) is 12.1 Å². The van der Waals surface area contributed by atoms with Crippen LogP contribution in [-0.4, -0.2) is 58.4 Å². The van der Waals surface area contributed by atoms with Crippen LogP contribution in [0.25, 0.3) is 0 Å². The fourth-order valence-electron chi connectivity index (χ4n) is 5.09. The molecular formula is C21H32N2O4S2. The second-order valence-electron chi connectivity index (χ2n) is 8.89. The summed E-state index contributed by atoms with van der Waals surface area (Å²) >= 11 is 0. The average molecular weight is 441 g/mol. The van der Waals surface area contributed by atoms with Gasteiger partial charge in [0.25, 0.3) is 0 Å². The molecule has 0 radical (unpaired) electrons. The molecule has 8 heteroatoms. The molecule has 1 aromatic carbocycles. The van der Waals surface area contributed by atoms with E-state index < -0.39 is 19.9 Å². The van der Waals surface area contributed by atoms with Gasteiger partial charge in [-0.1, -0.05) is 31.4 Å². The molecule has 1 aliphatic carbocycles. The van der Waals surface area contributed by atoms with Crippen LogP contribution >= 0.6 is 0 Å². The van der Waals surface area contributed by atoms with Gasteiger partial charge in [-0.05, 0) is 68.8 Å². The minimum absolute atomic E-state index is 0.0905. The van der Waals surface area contributed by atoms with E-state index in [1.165, 1.54) is 37.7 Å². The molecule has 1 atom stereocenters. The van der Waals surface area contributed by atoms with Gasteiger partial charge in [-0.2, -0.15) is 0 Å². The van der Waals surface area contributed by atoms with E-state index in [4.69, 9.17) is 0 Å². The lowest BCUT2D eigenvalue weighted by atomic mass is 9.84. The van der Waals surface area contributed by atoms with Crippen molar-refractivity contribution in [3.63, 3.8) is 0 Å². The first-order valence-electron chi connectivity index (χ1n) is 10.9. The van der Waals surface area contributed by atoms with Crippen LogP contribution in [0.3, 0.4) is 0 Å². The fraction of sp³-hybridized carbons (Fsp3) is 0.714. The normalized spacial score (nSPS) is 27.2. The third-order valence-electron chi connectivity index (χ3n) is 6.84. The first-order valence-corrected chi connectivity index (χ1v) is 14.2. The number of nitrogens with one attached hydrogen (secondary N) is 1. The minimum Gasteiger partial charge on any atom is -0.299 e. The quantitative estimate of drug-likeness (QED) is 0.761. The topological polar surface area (TPSA) is 83.6 Å². The Balaban J connectivity index is 1.32. The summed E-state index contributed by atoms with van der Waals surface area (Å²) < 4.78 is 51.9. The van der Waals surface area contributed by atoms with Crippen molar-refractivity contribution in [1.29, 1.82) is 0 Å². The molecule has 1 N–H and O–H groups in total. The van der Waals surface area contributed by atoms with Crippen LogP contribution in [0, 0.1) is 0 Å². The van der Waals surface area contributed by atoms with Crippen molar-refractivity contribution in [3.8, 4) is 0 Å². The highest BCUT2D eigenvalue weighted by Crippen LogP contribution is 2.33. The third kappa shape index (κ3) is 5.21. The van der Waals surface area contributed by atoms with Crippen molar-refractivity contribution >= 4 is 19.9 Å². The van der Waals surface area contributed by atoms with Crippen LogP contribution in [0.1, 0.15) is 62.8 Å². The molecule has 162 valence electrons. The predicted octanol–water partition coefficient (Wildman–Crippen LogP) is 2.66. The van der Waals surface area contributed by atoms with Gasteiger partial charge in [0.05, 0.1) is 16.4 Å². The van der Waals surface area contributed by atoms with E-state index in [-0.39, 0.29) is 23.6 Å². The molecule has 6 nitrogen and oxygen atoms in total. The maximum atomic E-state index is 12.8. The van der Waals surface area contributed by atoms with Crippen LogP contribution < -0.4 is 4.72 Å². The summed E-state index contributed by atoms with van der Waals surface area (Å²) in [6, 6.07) is 7.45. The van der Waals surface area contributed by atoms with Gasteiger partial charge in [-0.15, -0.1) is 0 Å². The number of sulfonamides is 1. The Kier molecular flexibility index (Phi) is 6.35. The molecule has 0 amide bonds. The predicted molar refractivity (Wildman–Crippen MR) is 114 cm³/mol. The van der Waals surface area contributed by atoms with Gasteiger partial charge < -0.3 is 0 Å². The standard InChI is InChI=1S/C21H32N2O4S2/c24-28(25)15-12-20(16-28)23-13-10-19(11-14-23)22-29(26,27)21-8-6-18(7-9-21)17-4-2-1-3-5-17/h6-9,17,19-20,22H,1-5,10-16H2/t20-/m0/s1. The number of hydrogen-bond donors (Lipinski definition) is 1. The second-order valence-corrected chi connectivity index (χ2v) is 12.8. The Hall–Kier alpha value is -0.960. The highest BCUT2D eigenvalue weighted by Gasteiger charge is 2.34. The van der Waals surface area contributed by atoms with E-state index in [9.17, 15) is 16.8 Å². The molecule has 3 aliphatic rings. The SMILES string of the molecule is O=S1(=O)CC[C@H](N2CCC(NS(=O)(=O)c3ccc(C4CCCCC4)cc3)CC2)C1. The second kappa shape index (κ2) is 8.65. The Morgan fingerprint density at radius 1 is 0.897 bits per heavy atom. The van der Waals surface area contributed by atoms with Gasteiger partial charge in [0.1, 0.15) is 0 Å². The number of nitrogens with zero attached hydrogens (tertiary/aromatic N) is 1. The summed E-state index contributed by atoms with van der Waals surface area (Å²) in [7, 11) is -6.42. The first-order chi connectivity index (χ1) is 13.8. The van der Waals surface area contributed by atoms with E-state index in [0.29, 0.717) is 17.2 Å². The van der Waals surface area contributed by atoms with Gasteiger partial charge in [0.15, 0.2) is 9.84 Å². The summed E-state index contributed by atoms with van der Waals surface area (Å²) in [5.74, 6) is 1.09. The van der Waals surface area contributed by atoms with E-state index in [0.717, 1.165) is 25.9 Å². The van der Waals surface area contributed by atoms with Gasteiger partial charge >= 0.3 is 0 Å². The summed E-state index contributed by atoms with van der Waals surface area (Å²) in [4.78, 5) is 2.55. The van der Waals surface area contributed by atoms with Crippen molar-refractivity contribution in [2.24, 2.45) is 0 Å². The molecule has 0 unspecified atom stereocenters.